The van der Waals surface area contributed by atoms with Crippen LogP contribution in [0.15, 0.2) is 58.1 Å². The fourth-order valence-electron chi connectivity index (χ4n) is 5.45. The molecule has 0 fully saturated rings. The van der Waals surface area contributed by atoms with E-state index in [1.165, 1.54) is 6.26 Å². The number of nitrogens with zero attached hydrogens (tertiary/aromatic N) is 5. The van der Waals surface area contributed by atoms with Crippen molar-refractivity contribution < 1.29 is 14.0 Å². The molecule has 1 unspecified atom stereocenters. The van der Waals surface area contributed by atoms with Crippen LogP contribution in [0.25, 0.3) is 11.0 Å². The Balaban J connectivity index is 1.48. The van der Waals surface area contributed by atoms with Gasteiger partial charge in [0.15, 0.2) is 0 Å². The normalized spacial score (nSPS) is 16.1. The summed E-state index contributed by atoms with van der Waals surface area (Å²) in [7, 11) is 1.73. The number of carbonyl (C=O) groups is 2. The van der Waals surface area contributed by atoms with Gasteiger partial charge in [-0.3, -0.25) is 24.4 Å². The van der Waals surface area contributed by atoms with E-state index in [1.54, 1.807) is 47.5 Å². The van der Waals surface area contributed by atoms with E-state index in [2.05, 4.69) is 22.0 Å². The number of hydrogen-bond acceptors (Lipinski definition) is 6. The van der Waals surface area contributed by atoms with Crippen molar-refractivity contribution in [2.75, 3.05) is 29.9 Å². The number of amides is 2. The number of aromatic amines is 1. The Kier molecular flexibility index (Phi) is 7.14. The zero-order valence-electron chi connectivity index (χ0n) is 23.9. The molecule has 1 atom stereocenters. The van der Waals surface area contributed by atoms with E-state index in [0.29, 0.717) is 42.8 Å². The average molecular weight is 545 g/mol. The molecule has 10 nitrogen and oxygen atoms in total. The minimum absolute atomic E-state index is 0.0517. The second-order valence-electron chi connectivity index (χ2n) is 11.0. The second kappa shape index (κ2) is 10.4. The van der Waals surface area contributed by atoms with Crippen LogP contribution < -0.4 is 15.4 Å². The van der Waals surface area contributed by atoms with Crippen LogP contribution in [0.3, 0.4) is 0 Å². The lowest BCUT2D eigenvalue weighted by Gasteiger charge is -2.29. The fraction of sp³-hybridized carbons (Fsp3) is 0.400. The van der Waals surface area contributed by atoms with Crippen LogP contribution in [0.1, 0.15) is 50.7 Å². The van der Waals surface area contributed by atoms with Crippen LogP contribution in [0, 0.1) is 12.3 Å². The molecule has 0 spiro atoms. The van der Waals surface area contributed by atoms with Gasteiger partial charge in [-0.2, -0.15) is 5.10 Å². The Morgan fingerprint density at radius 2 is 1.85 bits per heavy atom. The maximum absolute atomic E-state index is 13.3. The predicted octanol–water partition coefficient (Wildman–Crippen LogP) is 4.24. The SMILES string of the molecule is CCN1C(=O)C(C)(C)C(=O)N(C)c2cc(CN(CCn3ccc4occc4c3=O)C(C)c3cc(C)[nH]n3)ccc21. The minimum Gasteiger partial charge on any atom is -0.464 e. The molecular formula is C30H36N6O4. The zero-order chi connectivity index (χ0) is 28.8. The summed E-state index contributed by atoms with van der Waals surface area (Å²) in [6.45, 7) is 11.4. The van der Waals surface area contributed by atoms with Gasteiger partial charge >= 0.3 is 0 Å². The molecule has 210 valence electrons. The minimum atomic E-state index is -1.16. The molecule has 1 aromatic carbocycles. The highest BCUT2D eigenvalue weighted by Gasteiger charge is 2.45. The van der Waals surface area contributed by atoms with Crippen molar-refractivity contribution in [3.8, 4) is 0 Å². The summed E-state index contributed by atoms with van der Waals surface area (Å²) in [5.41, 5.74) is 3.61. The summed E-state index contributed by atoms with van der Waals surface area (Å²) >= 11 is 0. The fourth-order valence-corrected chi connectivity index (χ4v) is 5.45. The van der Waals surface area contributed by atoms with E-state index in [-0.39, 0.29) is 23.4 Å². The number of H-pyrrole nitrogens is 1. The van der Waals surface area contributed by atoms with Crippen molar-refractivity contribution in [2.24, 2.45) is 5.41 Å². The van der Waals surface area contributed by atoms with E-state index >= 15 is 0 Å². The molecule has 0 saturated heterocycles. The predicted molar refractivity (Wildman–Crippen MR) is 154 cm³/mol. The molecule has 5 rings (SSSR count). The van der Waals surface area contributed by atoms with E-state index in [1.807, 2.05) is 44.2 Å². The van der Waals surface area contributed by atoms with Gasteiger partial charge in [-0.25, -0.2) is 0 Å². The highest BCUT2D eigenvalue weighted by molar-refractivity contribution is 6.19. The van der Waals surface area contributed by atoms with Gasteiger partial charge in [-0.1, -0.05) is 6.07 Å². The highest BCUT2D eigenvalue weighted by Crippen LogP contribution is 2.39. The summed E-state index contributed by atoms with van der Waals surface area (Å²) in [5, 5.41) is 8.07. The Hall–Kier alpha value is -4.18. The van der Waals surface area contributed by atoms with Gasteiger partial charge in [0, 0.05) is 45.1 Å². The zero-order valence-corrected chi connectivity index (χ0v) is 23.9. The molecule has 0 saturated carbocycles. The highest BCUT2D eigenvalue weighted by atomic mass is 16.3. The number of rotatable bonds is 8. The van der Waals surface area contributed by atoms with Gasteiger partial charge in [-0.05, 0) is 70.5 Å². The van der Waals surface area contributed by atoms with Crippen molar-refractivity contribution in [1.82, 2.24) is 19.7 Å². The van der Waals surface area contributed by atoms with Crippen molar-refractivity contribution in [1.29, 1.82) is 0 Å². The molecule has 4 aromatic rings. The van der Waals surface area contributed by atoms with Crippen molar-refractivity contribution in [2.45, 2.75) is 53.8 Å². The second-order valence-corrected chi connectivity index (χ2v) is 11.0. The molecule has 3 aromatic heterocycles. The third-order valence-corrected chi connectivity index (χ3v) is 7.93. The first-order chi connectivity index (χ1) is 19.0. The lowest BCUT2D eigenvalue weighted by atomic mass is 9.90. The van der Waals surface area contributed by atoms with Gasteiger partial charge in [0.05, 0.1) is 34.8 Å². The van der Waals surface area contributed by atoms with Gasteiger partial charge in [-0.15, -0.1) is 0 Å². The monoisotopic (exact) mass is 544 g/mol. The van der Waals surface area contributed by atoms with Crippen LogP contribution in [-0.4, -0.2) is 51.6 Å². The largest absolute Gasteiger partial charge is 0.464 e. The first-order valence-corrected chi connectivity index (χ1v) is 13.6. The molecule has 4 heterocycles. The Morgan fingerprint density at radius 3 is 2.55 bits per heavy atom. The van der Waals surface area contributed by atoms with Crippen molar-refractivity contribution in [3.63, 3.8) is 0 Å². The van der Waals surface area contributed by atoms with Gasteiger partial charge in [0.2, 0.25) is 11.8 Å². The van der Waals surface area contributed by atoms with Crippen LogP contribution in [-0.2, 0) is 22.7 Å². The number of pyridine rings is 1. The summed E-state index contributed by atoms with van der Waals surface area (Å²) in [4.78, 5) is 45.1. The Morgan fingerprint density at radius 1 is 1.07 bits per heavy atom. The van der Waals surface area contributed by atoms with Gasteiger partial charge in [0.25, 0.3) is 5.56 Å². The van der Waals surface area contributed by atoms with Crippen LogP contribution >= 0.6 is 0 Å². The molecule has 40 heavy (non-hydrogen) atoms. The quantitative estimate of drug-likeness (QED) is 0.333. The van der Waals surface area contributed by atoms with Crippen LogP contribution in [0.2, 0.25) is 0 Å². The molecule has 2 amide bonds. The molecule has 1 aliphatic rings. The third-order valence-electron chi connectivity index (χ3n) is 7.93. The first kappa shape index (κ1) is 27.4. The number of nitrogens with one attached hydrogen (secondary N) is 1. The topological polar surface area (TPSA) is 108 Å². The van der Waals surface area contributed by atoms with E-state index < -0.39 is 5.41 Å². The summed E-state index contributed by atoms with van der Waals surface area (Å²) < 4.78 is 7.07. The molecule has 1 aliphatic heterocycles. The number of benzene rings is 1. The Labute approximate surface area is 233 Å². The molecule has 10 heteroatoms. The molecular weight excluding hydrogens is 508 g/mol. The van der Waals surface area contributed by atoms with E-state index in [0.717, 1.165) is 22.6 Å². The summed E-state index contributed by atoms with van der Waals surface area (Å²) in [5.74, 6) is -0.444. The van der Waals surface area contributed by atoms with Crippen molar-refractivity contribution in [3.05, 3.63) is 76.2 Å². The molecule has 0 bridgehead atoms. The first-order valence-electron chi connectivity index (χ1n) is 13.6. The van der Waals surface area contributed by atoms with Crippen LogP contribution in [0.5, 0.6) is 0 Å². The number of aromatic nitrogens is 3. The van der Waals surface area contributed by atoms with Crippen LogP contribution in [0.4, 0.5) is 11.4 Å². The number of carbonyl (C=O) groups excluding carboxylic acids is 2. The molecule has 0 aliphatic carbocycles. The average Bonchev–Trinajstić information content (AvgIpc) is 3.60. The maximum atomic E-state index is 13.3. The summed E-state index contributed by atoms with van der Waals surface area (Å²) in [6, 6.07) is 11.4. The lowest BCUT2D eigenvalue weighted by Crippen LogP contribution is -2.47. The molecule has 0 radical (unpaired) electrons. The van der Waals surface area contributed by atoms with Gasteiger partial charge < -0.3 is 18.8 Å². The van der Waals surface area contributed by atoms with E-state index in [4.69, 9.17) is 4.42 Å². The number of anilines is 2. The smallest absolute Gasteiger partial charge is 0.261 e. The standard InChI is InChI=1S/C30H36N6O4/c1-7-36-24-9-8-21(17-25(24)33(6)28(38)30(4,5)29(36)39)18-35(20(3)23-16-19(2)31-32-23)14-13-34-12-10-26-22(27(34)37)11-15-40-26/h8-12,15-17,20H,7,13-14,18H2,1-6H3,(H,31,32). The Bertz CT molecular complexity index is 1630. The van der Waals surface area contributed by atoms with Crippen molar-refractivity contribution >= 4 is 34.2 Å². The number of hydrogen-bond donors (Lipinski definition) is 1. The third kappa shape index (κ3) is 4.72. The number of fused-ring (bicyclic) bond motifs is 2. The van der Waals surface area contributed by atoms with Gasteiger partial charge in [0.1, 0.15) is 11.0 Å². The number of aryl methyl sites for hydroxylation is 1. The molecule has 1 N–H and O–H groups in total. The maximum Gasteiger partial charge on any atom is 0.261 e. The summed E-state index contributed by atoms with van der Waals surface area (Å²) in [6.07, 6.45) is 3.29. The number of furan rings is 1. The lowest BCUT2D eigenvalue weighted by molar-refractivity contribution is -0.137. The van der Waals surface area contributed by atoms with E-state index in [9.17, 15) is 14.4 Å².